The molecule has 0 amide bonds. The van der Waals surface area contributed by atoms with E-state index in [0.29, 0.717) is 17.9 Å². The van der Waals surface area contributed by atoms with Gasteiger partial charge in [0.25, 0.3) is 0 Å². The third kappa shape index (κ3) is 3.90. The topological polar surface area (TPSA) is 55.8 Å². The van der Waals surface area contributed by atoms with Crippen LogP contribution in [0.5, 0.6) is 5.75 Å². The van der Waals surface area contributed by atoms with Crippen molar-refractivity contribution in [3.8, 4) is 5.75 Å². The zero-order valence-electron chi connectivity index (χ0n) is 9.47. The number of carbonyl (C=O) groups excluding carboxylic acids is 1. The standard InChI is InChI=1S/C12H16O4/c1-3-15-12(14)8-10-6-4-5-7-11(10)16-9(2)13/h4-7,9,13H,3,8H2,1-2H3. The first kappa shape index (κ1) is 12.5. The van der Waals surface area contributed by atoms with E-state index in [9.17, 15) is 4.79 Å². The number of carbonyl (C=O) groups is 1. The van der Waals surface area contributed by atoms with Crippen LogP contribution in [0.15, 0.2) is 24.3 Å². The van der Waals surface area contributed by atoms with Crippen molar-refractivity contribution in [2.24, 2.45) is 0 Å². The molecule has 16 heavy (non-hydrogen) atoms. The SMILES string of the molecule is CCOC(=O)Cc1ccccc1OC(C)O. The summed E-state index contributed by atoms with van der Waals surface area (Å²) in [5.41, 5.74) is 0.710. The van der Waals surface area contributed by atoms with Crippen molar-refractivity contribution in [3.63, 3.8) is 0 Å². The van der Waals surface area contributed by atoms with E-state index in [0.717, 1.165) is 0 Å². The van der Waals surface area contributed by atoms with Gasteiger partial charge in [-0.2, -0.15) is 0 Å². The Labute approximate surface area is 94.8 Å². The van der Waals surface area contributed by atoms with E-state index >= 15 is 0 Å². The summed E-state index contributed by atoms with van der Waals surface area (Å²) in [4.78, 5) is 11.3. The number of benzene rings is 1. The van der Waals surface area contributed by atoms with Gasteiger partial charge in [-0.1, -0.05) is 18.2 Å². The molecule has 0 aliphatic carbocycles. The highest BCUT2D eigenvalue weighted by atomic mass is 16.6. The second kappa shape index (κ2) is 6.12. The molecule has 0 aliphatic heterocycles. The molecule has 1 rings (SSSR count). The summed E-state index contributed by atoms with van der Waals surface area (Å²) in [6.07, 6.45) is -0.750. The van der Waals surface area contributed by atoms with Crippen molar-refractivity contribution in [2.75, 3.05) is 6.61 Å². The zero-order chi connectivity index (χ0) is 12.0. The molecule has 1 aromatic rings. The number of para-hydroxylation sites is 1. The fraction of sp³-hybridized carbons (Fsp3) is 0.417. The highest BCUT2D eigenvalue weighted by Gasteiger charge is 2.10. The minimum absolute atomic E-state index is 0.150. The van der Waals surface area contributed by atoms with Gasteiger partial charge >= 0.3 is 5.97 Å². The summed E-state index contributed by atoms with van der Waals surface area (Å²) >= 11 is 0. The van der Waals surface area contributed by atoms with E-state index in [-0.39, 0.29) is 12.4 Å². The smallest absolute Gasteiger partial charge is 0.310 e. The molecule has 0 aromatic heterocycles. The summed E-state index contributed by atoms with van der Waals surface area (Å²) in [7, 11) is 0. The molecule has 0 saturated heterocycles. The molecule has 1 aromatic carbocycles. The zero-order valence-corrected chi connectivity index (χ0v) is 9.47. The van der Waals surface area contributed by atoms with Crippen molar-refractivity contribution < 1.29 is 19.4 Å². The number of esters is 1. The molecule has 88 valence electrons. The quantitative estimate of drug-likeness (QED) is 0.608. The highest BCUT2D eigenvalue weighted by molar-refractivity contribution is 5.73. The average molecular weight is 224 g/mol. The van der Waals surface area contributed by atoms with Crippen LogP contribution in [0.1, 0.15) is 19.4 Å². The highest BCUT2D eigenvalue weighted by Crippen LogP contribution is 2.19. The average Bonchev–Trinajstić information content (AvgIpc) is 2.20. The van der Waals surface area contributed by atoms with Crippen LogP contribution >= 0.6 is 0 Å². The fourth-order valence-electron chi connectivity index (χ4n) is 1.32. The molecule has 0 heterocycles. The largest absolute Gasteiger partial charge is 0.466 e. The van der Waals surface area contributed by atoms with Gasteiger partial charge < -0.3 is 14.6 Å². The molecular weight excluding hydrogens is 208 g/mol. The summed E-state index contributed by atoms with van der Waals surface area (Å²) in [5.74, 6) is 0.203. The number of hydrogen-bond acceptors (Lipinski definition) is 4. The van der Waals surface area contributed by atoms with Crippen molar-refractivity contribution in [1.82, 2.24) is 0 Å². The van der Waals surface area contributed by atoms with Crippen LogP contribution in [0, 0.1) is 0 Å². The Morgan fingerprint density at radius 2 is 2.12 bits per heavy atom. The third-order valence-electron chi connectivity index (χ3n) is 1.91. The summed E-state index contributed by atoms with van der Waals surface area (Å²) in [6, 6.07) is 7.08. The van der Waals surface area contributed by atoms with E-state index in [1.54, 1.807) is 25.1 Å². The van der Waals surface area contributed by atoms with Gasteiger partial charge in [0, 0.05) is 5.56 Å². The van der Waals surface area contributed by atoms with E-state index in [4.69, 9.17) is 14.6 Å². The molecule has 0 bridgehead atoms. The second-order valence-electron chi connectivity index (χ2n) is 3.31. The lowest BCUT2D eigenvalue weighted by atomic mass is 10.1. The van der Waals surface area contributed by atoms with Gasteiger partial charge in [0.2, 0.25) is 0 Å². The minimum atomic E-state index is -0.900. The van der Waals surface area contributed by atoms with Crippen LogP contribution in [0.25, 0.3) is 0 Å². The van der Waals surface area contributed by atoms with Gasteiger partial charge in [-0.15, -0.1) is 0 Å². The number of ether oxygens (including phenoxy) is 2. The predicted molar refractivity (Wildman–Crippen MR) is 59.1 cm³/mol. The molecule has 4 nitrogen and oxygen atoms in total. The molecule has 1 N–H and O–H groups in total. The maximum absolute atomic E-state index is 11.3. The van der Waals surface area contributed by atoms with E-state index in [1.807, 2.05) is 6.07 Å². The third-order valence-corrected chi connectivity index (χ3v) is 1.91. The first-order chi connectivity index (χ1) is 7.63. The lowest BCUT2D eigenvalue weighted by Crippen LogP contribution is -2.13. The van der Waals surface area contributed by atoms with Crippen LogP contribution < -0.4 is 4.74 Å². The first-order valence-corrected chi connectivity index (χ1v) is 5.21. The van der Waals surface area contributed by atoms with E-state index in [2.05, 4.69) is 0 Å². The molecule has 0 aliphatic rings. The Morgan fingerprint density at radius 3 is 2.75 bits per heavy atom. The summed E-state index contributed by atoms with van der Waals surface area (Å²) < 4.78 is 10.0. The first-order valence-electron chi connectivity index (χ1n) is 5.21. The molecule has 4 heteroatoms. The Balaban J connectivity index is 2.74. The van der Waals surface area contributed by atoms with E-state index < -0.39 is 6.29 Å². The fourth-order valence-corrected chi connectivity index (χ4v) is 1.32. The van der Waals surface area contributed by atoms with Gasteiger partial charge in [0.1, 0.15) is 5.75 Å². The molecule has 0 fully saturated rings. The lowest BCUT2D eigenvalue weighted by Gasteiger charge is -2.12. The Morgan fingerprint density at radius 1 is 1.44 bits per heavy atom. The van der Waals surface area contributed by atoms with Gasteiger partial charge in [-0.05, 0) is 19.9 Å². The predicted octanol–water partition coefficient (Wildman–Crippen LogP) is 1.51. The van der Waals surface area contributed by atoms with Crippen molar-refractivity contribution >= 4 is 5.97 Å². The number of aliphatic hydroxyl groups is 1. The van der Waals surface area contributed by atoms with E-state index in [1.165, 1.54) is 6.92 Å². The van der Waals surface area contributed by atoms with Crippen molar-refractivity contribution in [1.29, 1.82) is 0 Å². The maximum Gasteiger partial charge on any atom is 0.310 e. The van der Waals surface area contributed by atoms with Gasteiger partial charge in [0.15, 0.2) is 6.29 Å². The van der Waals surface area contributed by atoms with Gasteiger partial charge in [-0.3, -0.25) is 4.79 Å². The number of hydrogen-bond donors (Lipinski definition) is 1. The van der Waals surface area contributed by atoms with Gasteiger partial charge in [0.05, 0.1) is 13.0 Å². The van der Waals surface area contributed by atoms with Crippen LogP contribution in [0.4, 0.5) is 0 Å². The normalized spacial score (nSPS) is 11.9. The molecule has 1 atom stereocenters. The maximum atomic E-state index is 11.3. The molecule has 0 radical (unpaired) electrons. The summed E-state index contributed by atoms with van der Waals surface area (Å²) in [6.45, 7) is 3.63. The van der Waals surface area contributed by atoms with Crippen LogP contribution in [0.2, 0.25) is 0 Å². The summed E-state index contributed by atoms with van der Waals surface area (Å²) in [5, 5.41) is 9.13. The Hall–Kier alpha value is -1.55. The lowest BCUT2D eigenvalue weighted by molar-refractivity contribution is -0.142. The minimum Gasteiger partial charge on any atom is -0.466 e. The number of rotatable bonds is 5. The van der Waals surface area contributed by atoms with Crippen molar-refractivity contribution in [3.05, 3.63) is 29.8 Å². The van der Waals surface area contributed by atoms with Crippen LogP contribution in [-0.4, -0.2) is 24.0 Å². The van der Waals surface area contributed by atoms with Gasteiger partial charge in [-0.25, -0.2) is 0 Å². The molecule has 1 unspecified atom stereocenters. The van der Waals surface area contributed by atoms with Crippen molar-refractivity contribution in [2.45, 2.75) is 26.6 Å². The molecule has 0 spiro atoms. The molecular formula is C12H16O4. The Kier molecular flexibility index (Phi) is 4.79. The number of aliphatic hydroxyl groups excluding tert-OH is 1. The van der Waals surface area contributed by atoms with Crippen LogP contribution in [-0.2, 0) is 16.0 Å². The molecule has 0 saturated carbocycles. The second-order valence-corrected chi connectivity index (χ2v) is 3.31. The van der Waals surface area contributed by atoms with Crippen LogP contribution in [0.3, 0.4) is 0 Å². The monoisotopic (exact) mass is 224 g/mol. The Bertz CT molecular complexity index is 347.